The van der Waals surface area contributed by atoms with Crippen LogP contribution in [0.15, 0.2) is 34.7 Å². The molecule has 10 heteroatoms. The lowest BCUT2D eigenvalue weighted by atomic mass is 9.89. The van der Waals surface area contributed by atoms with E-state index in [0.717, 1.165) is 55.0 Å². The van der Waals surface area contributed by atoms with Crippen LogP contribution in [-0.2, 0) is 6.18 Å². The van der Waals surface area contributed by atoms with Crippen LogP contribution in [0.2, 0.25) is 0 Å². The Balaban J connectivity index is 1.42. The summed E-state index contributed by atoms with van der Waals surface area (Å²) in [5.74, 6) is -0.207. The minimum atomic E-state index is -4.42. The van der Waals surface area contributed by atoms with Crippen LogP contribution in [0.3, 0.4) is 0 Å². The average molecular weight is 450 g/mol. The highest BCUT2D eigenvalue weighted by Crippen LogP contribution is 2.36. The van der Waals surface area contributed by atoms with Crippen molar-refractivity contribution >= 4 is 43.8 Å². The number of piperidine rings is 1. The highest BCUT2D eigenvalue weighted by molar-refractivity contribution is 7.22. The first-order valence-corrected chi connectivity index (χ1v) is 10.6. The molecule has 1 aliphatic rings. The van der Waals surface area contributed by atoms with E-state index in [9.17, 15) is 17.6 Å². The number of fused-ring (bicyclic) bond motifs is 2. The Kier molecular flexibility index (Phi) is 4.86. The average Bonchev–Trinajstić information content (AvgIpc) is 3.30. The van der Waals surface area contributed by atoms with Crippen LogP contribution >= 0.6 is 11.3 Å². The number of hydrogen-bond acceptors (Lipinski definition) is 6. The smallest absolute Gasteiger partial charge is 0.416 e. The lowest BCUT2D eigenvalue weighted by Crippen LogP contribution is -2.29. The monoisotopic (exact) mass is 450 g/mol. The zero-order valence-electron chi connectivity index (χ0n) is 16.5. The van der Waals surface area contributed by atoms with Gasteiger partial charge in [0.25, 0.3) is 0 Å². The van der Waals surface area contributed by atoms with Crippen molar-refractivity contribution < 1.29 is 22.0 Å². The number of hydrogen-bond donors (Lipinski definition) is 1. The zero-order chi connectivity index (χ0) is 21.8. The number of rotatable bonds is 3. The maximum absolute atomic E-state index is 14.7. The molecular formula is C21H18F4N4OS. The Bertz CT molecular complexity index is 1260. The Morgan fingerprint density at radius 2 is 1.87 bits per heavy atom. The lowest BCUT2D eigenvalue weighted by molar-refractivity contribution is -0.137. The molecule has 5 rings (SSSR count). The van der Waals surface area contributed by atoms with E-state index in [1.54, 1.807) is 0 Å². The molecule has 4 aromatic rings. The standard InChI is InChI=1S/C21H18F4N4OS/c1-29-6-4-11(5-7-29)12-8-14(22)18-16(9-12)26-19(30-18)28-20-27-15-3-2-13(21(23,24)25)10-17(15)31-20/h2-3,8-11H,4-7H2,1H3,(H,26,27,28). The molecule has 0 amide bonds. The molecule has 162 valence electrons. The largest absolute Gasteiger partial charge is 0.420 e. The second-order valence-electron chi connectivity index (χ2n) is 7.77. The predicted octanol–water partition coefficient (Wildman–Crippen LogP) is 6.15. The molecule has 2 aromatic heterocycles. The highest BCUT2D eigenvalue weighted by atomic mass is 32.1. The molecule has 2 aromatic carbocycles. The van der Waals surface area contributed by atoms with Gasteiger partial charge in [0.05, 0.1) is 15.8 Å². The second kappa shape index (κ2) is 7.45. The van der Waals surface area contributed by atoms with E-state index in [1.165, 1.54) is 12.1 Å². The first-order chi connectivity index (χ1) is 14.8. The van der Waals surface area contributed by atoms with Gasteiger partial charge >= 0.3 is 12.2 Å². The van der Waals surface area contributed by atoms with E-state index < -0.39 is 17.6 Å². The van der Waals surface area contributed by atoms with Gasteiger partial charge in [0.2, 0.25) is 0 Å². The predicted molar refractivity (Wildman–Crippen MR) is 111 cm³/mol. The van der Waals surface area contributed by atoms with E-state index in [-0.39, 0.29) is 17.5 Å². The van der Waals surface area contributed by atoms with Gasteiger partial charge in [-0.1, -0.05) is 11.3 Å². The summed E-state index contributed by atoms with van der Waals surface area (Å²) in [4.78, 5) is 10.8. The quantitative estimate of drug-likeness (QED) is 0.380. The molecule has 1 aliphatic heterocycles. The van der Waals surface area contributed by atoms with Gasteiger partial charge in [0.1, 0.15) is 5.52 Å². The summed E-state index contributed by atoms with van der Waals surface area (Å²) in [5.41, 5.74) is 1.03. The van der Waals surface area contributed by atoms with Crippen molar-refractivity contribution in [1.29, 1.82) is 0 Å². The molecule has 0 bridgehead atoms. The number of oxazole rings is 1. The summed E-state index contributed by atoms with van der Waals surface area (Å²) in [6, 6.07) is 6.76. The van der Waals surface area contributed by atoms with Crippen molar-refractivity contribution in [3.8, 4) is 0 Å². The van der Waals surface area contributed by atoms with E-state index in [2.05, 4.69) is 27.2 Å². The van der Waals surface area contributed by atoms with Crippen LogP contribution in [0.1, 0.15) is 29.9 Å². The molecule has 5 nitrogen and oxygen atoms in total. The first kappa shape index (κ1) is 20.2. The van der Waals surface area contributed by atoms with Crippen molar-refractivity contribution in [2.75, 3.05) is 25.5 Å². The van der Waals surface area contributed by atoms with Crippen LogP contribution in [-0.4, -0.2) is 35.0 Å². The third-order valence-corrected chi connectivity index (χ3v) is 6.52. The summed E-state index contributed by atoms with van der Waals surface area (Å²) in [7, 11) is 2.07. The molecule has 1 saturated heterocycles. The summed E-state index contributed by atoms with van der Waals surface area (Å²) in [6.45, 7) is 1.92. The fourth-order valence-corrected chi connectivity index (χ4v) is 4.78. The molecule has 0 saturated carbocycles. The van der Waals surface area contributed by atoms with Crippen LogP contribution in [0.5, 0.6) is 0 Å². The normalized spacial score (nSPS) is 16.4. The summed E-state index contributed by atoms with van der Waals surface area (Å²) in [6.07, 6.45) is -2.51. The molecule has 3 heterocycles. The van der Waals surface area contributed by atoms with Crippen molar-refractivity contribution in [3.63, 3.8) is 0 Å². The van der Waals surface area contributed by atoms with Crippen molar-refractivity contribution in [1.82, 2.24) is 14.9 Å². The molecule has 31 heavy (non-hydrogen) atoms. The van der Waals surface area contributed by atoms with Gasteiger partial charge in [-0.2, -0.15) is 18.2 Å². The van der Waals surface area contributed by atoms with Gasteiger partial charge < -0.3 is 9.32 Å². The molecule has 1 fully saturated rings. The Morgan fingerprint density at radius 1 is 1.10 bits per heavy atom. The third kappa shape index (κ3) is 3.97. The number of nitrogens with zero attached hydrogens (tertiary/aromatic N) is 3. The van der Waals surface area contributed by atoms with Crippen LogP contribution in [0.25, 0.3) is 21.3 Å². The Morgan fingerprint density at radius 3 is 2.61 bits per heavy atom. The maximum atomic E-state index is 14.7. The zero-order valence-corrected chi connectivity index (χ0v) is 17.3. The number of anilines is 2. The van der Waals surface area contributed by atoms with E-state index in [0.29, 0.717) is 20.9 Å². The Labute approximate surface area is 178 Å². The highest BCUT2D eigenvalue weighted by Gasteiger charge is 2.31. The number of thiazole rings is 1. The van der Waals surface area contributed by atoms with E-state index >= 15 is 0 Å². The summed E-state index contributed by atoms with van der Waals surface area (Å²) < 4.78 is 59.3. The molecular weight excluding hydrogens is 432 g/mol. The van der Waals surface area contributed by atoms with E-state index in [1.807, 2.05) is 6.07 Å². The number of alkyl halides is 3. The van der Waals surface area contributed by atoms with Gasteiger partial charge in [-0.05, 0) is 74.8 Å². The molecule has 0 aliphatic carbocycles. The molecule has 0 spiro atoms. The number of aromatic nitrogens is 2. The first-order valence-electron chi connectivity index (χ1n) is 9.79. The third-order valence-electron chi connectivity index (χ3n) is 5.59. The van der Waals surface area contributed by atoms with Crippen molar-refractivity contribution in [2.45, 2.75) is 24.9 Å². The van der Waals surface area contributed by atoms with Crippen molar-refractivity contribution in [3.05, 3.63) is 47.3 Å². The summed E-state index contributed by atoms with van der Waals surface area (Å²) >= 11 is 1.04. The second-order valence-corrected chi connectivity index (χ2v) is 8.80. The minimum Gasteiger partial charge on any atom is -0.420 e. The van der Waals surface area contributed by atoms with Gasteiger partial charge in [-0.3, -0.25) is 5.32 Å². The van der Waals surface area contributed by atoms with E-state index in [4.69, 9.17) is 4.42 Å². The topological polar surface area (TPSA) is 54.2 Å². The number of likely N-dealkylation sites (tertiary alicyclic amines) is 1. The summed E-state index contributed by atoms with van der Waals surface area (Å²) in [5, 5.41) is 3.16. The molecule has 1 N–H and O–H groups in total. The SMILES string of the molecule is CN1CCC(c2cc(F)c3oc(Nc4nc5ccc(C(F)(F)F)cc5s4)nc3c2)CC1. The van der Waals surface area contributed by atoms with Gasteiger partial charge in [-0.25, -0.2) is 9.37 Å². The number of halogens is 4. The van der Waals surface area contributed by atoms with Crippen LogP contribution < -0.4 is 5.32 Å². The Hall–Kier alpha value is -2.72. The molecule has 0 atom stereocenters. The molecule has 0 radical (unpaired) electrons. The number of benzene rings is 2. The fourth-order valence-electron chi connectivity index (χ4n) is 3.89. The minimum absolute atomic E-state index is 0.0413. The lowest BCUT2D eigenvalue weighted by Gasteiger charge is -2.29. The fraction of sp³-hybridized carbons (Fsp3) is 0.333. The van der Waals surface area contributed by atoms with Gasteiger partial charge in [0.15, 0.2) is 16.5 Å². The molecule has 0 unspecified atom stereocenters. The van der Waals surface area contributed by atoms with Gasteiger partial charge in [0, 0.05) is 0 Å². The van der Waals surface area contributed by atoms with Gasteiger partial charge in [-0.15, -0.1) is 0 Å². The number of nitrogens with one attached hydrogen (secondary N) is 1. The van der Waals surface area contributed by atoms with Crippen LogP contribution in [0.4, 0.5) is 28.7 Å². The van der Waals surface area contributed by atoms with Crippen molar-refractivity contribution in [2.24, 2.45) is 0 Å². The maximum Gasteiger partial charge on any atom is 0.416 e. The van der Waals surface area contributed by atoms with Crippen LogP contribution in [0, 0.1) is 5.82 Å².